The van der Waals surface area contributed by atoms with Crippen LogP contribution in [0, 0.1) is 0 Å². The molecule has 0 aliphatic heterocycles. The molecule has 72 valence electrons. The molecule has 1 rings (SSSR count). The molecule has 0 atom stereocenters. The van der Waals surface area contributed by atoms with E-state index in [4.69, 9.17) is 5.11 Å². The van der Waals surface area contributed by atoms with Gasteiger partial charge in [-0.1, -0.05) is 13.3 Å². The van der Waals surface area contributed by atoms with Gasteiger partial charge in [-0.3, -0.25) is 14.6 Å². The number of H-pyrrole nitrogens is 1. The van der Waals surface area contributed by atoms with Crippen molar-refractivity contribution in [2.75, 3.05) is 0 Å². The summed E-state index contributed by atoms with van der Waals surface area (Å²) in [7, 11) is 1.51. The number of nitrogens with zero attached hydrogens (tertiary/aromatic N) is 1. The zero-order chi connectivity index (χ0) is 10.0. The van der Waals surface area contributed by atoms with Gasteiger partial charge in [-0.15, -0.1) is 0 Å². The minimum atomic E-state index is -1.08. The summed E-state index contributed by atoms with van der Waals surface area (Å²) in [6.07, 6.45) is 1.26. The lowest BCUT2D eigenvalue weighted by Gasteiger charge is -1.92. The van der Waals surface area contributed by atoms with Crippen LogP contribution in [0.5, 0.6) is 0 Å². The fourth-order valence-electron chi connectivity index (χ4n) is 1.25. The van der Waals surface area contributed by atoms with E-state index in [-0.39, 0.29) is 11.3 Å². The summed E-state index contributed by atoms with van der Waals surface area (Å²) in [5, 5.41) is 11.2. The summed E-state index contributed by atoms with van der Waals surface area (Å²) in [4.78, 5) is 22.0. The third-order valence-electron chi connectivity index (χ3n) is 1.86. The number of aromatic nitrogens is 2. The Morgan fingerprint density at radius 2 is 2.23 bits per heavy atom. The molecule has 0 bridgehead atoms. The number of carboxylic acid groups (broad SMARTS) is 1. The van der Waals surface area contributed by atoms with Crippen molar-refractivity contribution in [2.45, 2.75) is 19.8 Å². The average molecular weight is 184 g/mol. The van der Waals surface area contributed by atoms with Gasteiger partial charge in [-0.25, -0.2) is 4.79 Å². The van der Waals surface area contributed by atoms with Gasteiger partial charge in [0.15, 0.2) is 0 Å². The highest BCUT2D eigenvalue weighted by Crippen LogP contribution is 2.03. The Kier molecular flexibility index (Phi) is 2.55. The molecule has 0 unspecified atom stereocenters. The fraction of sp³-hybridized carbons (Fsp3) is 0.500. The van der Waals surface area contributed by atoms with Crippen LogP contribution in [-0.4, -0.2) is 20.9 Å². The fourth-order valence-corrected chi connectivity index (χ4v) is 1.25. The van der Waals surface area contributed by atoms with Gasteiger partial charge in [0.05, 0.1) is 5.56 Å². The molecule has 1 aromatic heterocycles. The Labute approximate surface area is 75.0 Å². The summed E-state index contributed by atoms with van der Waals surface area (Å²) in [6, 6.07) is 0. The van der Waals surface area contributed by atoms with E-state index in [0.29, 0.717) is 12.0 Å². The van der Waals surface area contributed by atoms with Crippen LogP contribution < -0.4 is 5.56 Å². The molecule has 0 aliphatic carbocycles. The number of rotatable bonds is 3. The first-order valence-corrected chi connectivity index (χ1v) is 4.09. The lowest BCUT2D eigenvalue weighted by molar-refractivity contribution is 0.0688. The number of carboxylic acids is 1. The van der Waals surface area contributed by atoms with Crippen LogP contribution in [0.1, 0.15) is 29.4 Å². The second-order valence-corrected chi connectivity index (χ2v) is 2.88. The van der Waals surface area contributed by atoms with Crippen molar-refractivity contribution < 1.29 is 9.90 Å². The van der Waals surface area contributed by atoms with E-state index in [9.17, 15) is 9.59 Å². The number of hydrogen-bond donors (Lipinski definition) is 2. The normalized spacial score (nSPS) is 10.3. The van der Waals surface area contributed by atoms with Crippen molar-refractivity contribution in [3.8, 4) is 0 Å². The predicted octanol–water partition coefficient (Wildman–Crippen LogP) is 0.364. The van der Waals surface area contributed by atoms with Gasteiger partial charge in [0.2, 0.25) is 0 Å². The first kappa shape index (κ1) is 9.57. The van der Waals surface area contributed by atoms with E-state index in [0.717, 1.165) is 6.42 Å². The molecule has 0 amide bonds. The summed E-state index contributed by atoms with van der Waals surface area (Å²) in [5.74, 6) is -1.08. The second-order valence-electron chi connectivity index (χ2n) is 2.88. The zero-order valence-electron chi connectivity index (χ0n) is 7.63. The van der Waals surface area contributed by atoms with Crippen molar-refractivity contribution in [2.24, 2.45) is 7.05 Å². The highest BCUT2D eigenvalue weighted by Gasteiger charge is 2.16. The monoisotopic (exact) mass is 184 g/mol. The molecular formula is C8H12N2O3. The van der Waals surface area contributed by atoms with Crippen LogP contribution in [-0.2, 0) is 13.5 Å². The Morgan fingerprint density at radius 1 is 1.62 bits per heavy atom. The second kappa shape index (κ2) is 3.47. The van der Waals surface area contributed by atoms with Crippen molar-refractivity contribution in [3.05, 3.63) is 21.6 Å². The van der Waals surface area contributed by atoms with Gasteiger partial charge in [0.1, 0.15) is 5.69 Å². The Morgan fingerprint density at radius 3 is 2.69 bits per heavy atom. The summed E-state index contributed by atoms with van der Waals surface area (Å²) in [5.41, 5.74) is 0.117. The molecule has 5 nitrogen and oxygen atoms in total. The van der Waals surface area contributed by atoms with Gasteiger partial charge >= 0.3 is 5.97 Å². The lowest BCUT2D eigenvalue weighted by Crippen LogP contribution is -2.15. The minimum Gasteiger partial charge on any atom is -0.477 e. The third-order valence-corrected chi connectivity index (χ3v) is 1.86. The quantitative estimate of drug-likeness (QED) is 0.712. The number of hydrogen-bond acceptors (Lipinski definition) is 2. The zero-order valence-corrected chi connectivity index (χ0v) is 7.63. The minimum absolute atomic E-state index is 0.00866. The van der Waals surface area contributed by atoms with Gasteiger partial charge in [0.25, 0.3) is 5.56 Å². The molecule has 0 spiro atoms. The van der Waals surface area contributed by atoms with Crippen molar-refractivity contribution in [1.82, 2.24) is 9.78 Å². The van der Waals surface area contributed by atoms with Gasteiger partial charge in [-0.05, 0) is 6.42 Å². The lowest BCUT2D eigenvalue weighted by atomic mass is 10.1. The standard InChI is InChI=1S/C8H12N2O3/c1-3-4-5-6(8(12)13)9-10(2)7(5)11/h9H,3-4H2,1-2H3,(H,12,13). The topological polar surface area (TPSA) is 75.1 Å². The highest BCUT2D eigenvalue weighted by atomic mass is 16.4. The molecule has 1 aromatic rings. The van der Waals surface area contributed by atoms with E-state index < -0.39 is 5.97 Å². The Balaban J connectivity index is 3.27. The number of aromatic amines is 1. The smallest absolute Gasteiger partial charge is 0.354 e. The van der Waals surface area contributed by atoms with Crippen LogP contribution in [0.2, 0.25) is 0 Å². The first-order chi connectivity index (χ1) is 6.07. The van der Waals surface area contributed by atoms with Crippen molar-refractivity contribution >= 4 is 5.97 Å². The molecule has 0 fully saturated rings. The summed E-state index contributed by atoms with van der Waals surface area (Å²) in [6.45, 7) is 1.90. The molecule has 13 heavy (non-hydrogen) atoms. The van der Waals surface area contributed by atoms with Crippen LogP contribution in [0.4, 0.5) is 0 Å². The Bertz CT molecular complexity index is 375. The maximum absolute atomic E-state index is 11.4. The van der Waals surface area contributed by atoms with Crippen molar-refractivity contribution in [3.63, 3.8) is 0 Å². The molecular weight excluding hydrogens is 172 g/mol. The molecule has 0 aliphatic rings. The average Bonchev–Trinajstić information content (AvgIpc) is 2.33. The molecule has 2 N–H and O–H groups in total. The van der Waals surface area contributed by atoms with E-state index in [1.54, 1.807) is 0 Å². The molecule has 1 heterocycles. The largest absolute Gasteiger partial charge is 0.477 e. The summed E-state index contributed by atoms with van der Waals surface area (Å²) >= 11 is 0. The van der Waals surface area contributed by atoms with E-state index in [2.05, 4.69) is 5.10 Å². The van der Waals surface area contributed by atoms with Crippen LogP contribution in [0.15, 0.2) is 4.79 Å². The van der Waals surface area contributed by atoms with Crippen LogP contribution in [0.3, 0.4) is 0 Å². The molecule has 0 saturated heterocycles. The SMILES string of the molecule is CCCc1c(C(=O)O)[nH]n(C)c1=O. The molecule has 0 saturated carbocycles. The van der Waals surface area contributed by atoms with Gasteiger partial charge in [-0.2, -0.15) is 0 Å². The van der Waals surface area contributed by atoms with Gasteiger partial charge in [0, 0.05) is 7.05 Å². The number of carbonyl (C=O) groups is 1. The molecule has 0 radical (unpaired) electrons. The number of aryl methyl sites for hydroxylation is 1. The van der Waals surface area contributed by atoms with Crippen molar-refractivity contribution in [1.29, 1.82) is 0 Å². The highest BCUT2D eigenvalue weighted by molar-refractivity contribution is 5.86. The third kappa shape index (κ3) is 1.63. The maximum atomic E-state index is 11.4. The predicted molar refractivity (Wildman–Crippen MR) is 47.0 cm³/mol. The van der Waals surface area contributed by atoms with E-state index in [1.165, 1.54) is 11.7 Å². The molecule has 0 aromatic carbocycles. The summed E-state index contributed by atoms with van der Waals surface area (Å²) < 4.78 is 1.19. The first-order valence-electron chi connectivity index (χ1n) is 4.09. The van der Waals surface area contributed by atoms with E-state index in [1.807, 2.05) is 6.92 Å². The van der Waals surface area contributed by atoms with Crippen LogP contribution >= 0.6 is 0 Å². The Hall–Kier alpha value is -1.52. The van der Waals surface area contributed by atoms with Crippen LogP contribution in [0.25, 0.3) is 0 Å². The molecule has 5 heteroatoms. The number of aromatic carboxylic acids is 1. The maximum Gasteiger partial charge on any atom is 0.354 e. The van der Waals surface area contributed by atoms with E-state index >= 15 is 0 Å². The van der Waals surface area contributed by atoms with Gasteiger partial charge < -0.3 is 5.11 Å². The number of nitrogens with one attached hydrogen (secondary N) is 1.